The van der Waals surface area contributed by atoms with E-state index in [-0.39, 0.29) is 32.1 Å². The molecule has 3 N–H and O–H groups in total. The maximum atomic E-state index is 12.8. The number of nitrogens with one attached hydrogen (secondary N) is 2. The predicted octanol–water partition coefficient (Wildman–Crippen LogP) is 3.55. The number of carbonyl (C=O) groups is 3. The van der Waals surface area contributed by atoms with Crippen LogP contribution < -0.4 is 10.6 Å². The van der Waals surface area contributed by atoms with Gasteiger partial charge < -0.3 is 25.2 Å². The van der Waals surface area contributed by atoms with E-state index in [1.165, 1.54) is 7.11 Å². The molecule has 0 bridgehead atoms. The summed E-state index contributed by atoms with van der Waals surface area (Å²) in [6, 6.07) is 15.2. The van der Waals surface area contributed by atoms with Gasteiger partial charge in [-0.3, -0.25) is 9.59 Å². The Labute approximate surface area is 205 Å². The van der Waals surface area contributed by atoms with E-state index >= 15 is 0 Å². The molecular formula is C27H32N2O6. The summed E-state index contributed by atoms with van der Waals surface area (Å²) in [4.78, 5) is 36.9. The van der Waals surface area contributed by atoms with E-state index < -0.39 is 29.9 Å². The number of hydrogen-bond acceptors (Lipinski definition) is 5. The highest BCUT2D eigenvalue weighted by Crippen LogP contribution is 2.44. The number of carboxylic acids is 1. The average molecular weight is 481 g/mol. The van der Waals surface area contributed by atoms with Crippen molar-refractivity contribution in [2.24, 2.45) is 11.8 Å². The molecule has 186 valence electrons. The Morgan fingerprint density at radius 1 is 1.03 bits per heavy atom. The van der Waals surface area contributed by atoms with Crippen molar-refractivity contribution in [1.29, 1.82) is 0 Å². The Morgan fingerprint density at radius 2 is 1.66 bits per heavy atom. The summed E-state index contributed by atoms with van der Waals surface area (Å²) in [6.45, 7) is 0.424. The van der Waals surface area contributed by atoms with Gasteiger partial charge in [0.15, 0.2) is 0 Å². The lowest BCUT2D eigenvalue weighted by molar-refractivity contribution is -0.142. The molecule has 0 spiro atoms. The number of benzene rings is 2. The van der Waals surface area contributed by atoms with Gasteiger partial charge in [0.1, 0.15) is 12.6 Å². The number of carbonyl (C=O) groups excluding carboxylic acids is 2. The van der Waals surface area contributed by atoms with Crippen molar-refractivity contribution >= 4 is 18.0 Å². The number of carboxylic acid groups (broad SMARTS) is 1. The van der Waals surface area contributed by atoms with Gasteiger partial charge in [0.25, 0.3) is 0 Å². The lowest BCUT2D eigenvalue weighted by Crippen LogP contribution is -2.49. The molecule has 0 saturated heterocycles. The molecule has 2 atom stereocenters. The van der Waals surface area contributed by atoms with Crippen LogP contribution in [0, 0.1) is 11.8 Å². The molecule has 2 aromatic carbocycles. The van der Waals surface area contributed by atoms with Gasteiger partial charge in [0, 0.05) is 32.6 Å². The summed E-state index contributed by atoms with van der Waals surface area (Å²) in [5, 5.41) is 14.8. The molecule has 4 rings (SSSR count). The van der Waals surface area contributed by atoms with E-state index in [1.807, 2.05) is 36.4 Å². The number of ether oxygens (including phenoxy) is 2. The second kappa shape index (κ2) is 11.4. The van der Waals surface area contributed by atoms with Crippen molar-refractivity contribution in [1.82, 2.24) is 10.6 Å². The fourth-order valence-corrected chi connectivity index (χ4v) is 4.66. The molecule has 0 radical (unpaired) electrons. The van der Waals surface area contributed by atoms with Crippen LogP contribution in [0.25, 0.3) is 11.1 Å². The molecule has 0 aromatic heterocycles. The van der Waals surface area contributed by atoms with E-state index in [2.05, 4.69) is 22.8 Å². The number of aliphatic carboxylic acids is 1. The molecule has 35 heavy (non-hydrogen) atoms. The number of fused-ring (bicyclic) bond motifs is 3. The molecule has 2 amide bonds. The Kier molecular flexibility index (Phi) is 8.02. The van der Waals surface area contributed by atoms with Crippen LogP contribution >= 0.6 is 0 Å². The fraction of sp³-hybridized carbons (Fsp3) is 0.444. The standard InChI is InChI=1S/C27H32N2O6/c1-34-13-12-24(25(30)28-15-18(26(31)32)14-17-10-11-17)29-27(33)35-16-23-21-8-4-2-6-19(21)20-7-3-5-9-22(20)23/h2-9,17-18,23-24H,10-16H2,1H3,(H,28,30)(H,29,33)(H,31,32). The SMILES string of the molecule is COCCC(NC(=O)OCC1c2ccccc2-c2ccccc21)C(=O)NCC(CC1CC1)C(=O)O. The predicted molar refractivity (Wildman–Crippen MR) is 130 cm³/mol. The molecule has 8 heteroatoms. The van der Waals surface area contributed by atoms with Crippen molar-refractivity contribution in [3.8, 4) is 11.1 Å². The minimum absolute atomic E-state index is 0.0283. The van der Waals surface area contributed by atoms with Gasteiger partial charge in [0.2, 0.25) is 5.91 Å². The van der Waals surface area contributed by atoms with Gasteiger partial charge in [-0.2, -0.15) is 0 Å². The zero-order valence-electron chi connectivity index (χ0n) is 19.9. The van der Waals surface area contributed by atoms with Gasteiger partial charge in [0.05, 0.1) is 5.92 Å². The van der Waals surface area contributed by atoms with Crippen molar-refractivity contribution in [3.05, 3.63) is 59.7 Å². The van der Waals surface area contributed by atoms with Crippen LogP contribution in [0.1, 0.15) is 42.7 Å². The number of rotatable bonds is 12. The second-order valence-corrected chi connectivity index (χ2v) is 9.26. The number of alkyl carbamates (subject to hydrolysis) is 1. The highest BCUT2D eigenvalue weighted by Gasteiger charge is 2.31. The smallest absolute Gasteiger partial charge is 0.407 e. The minimum atomic E-state index is -0.921. The number of hydrogen-bond donors (Lipinski definition) is 3. The van der Waals surface area contributed by atoms with Gasteiger partial charge in [-0.05, 0) is 34.6 Å². The fourth-order valence-electron chi connectivity index (χ4n) is 4.66. The van der Waals surface area contributed by atoms with E-state index in [4.69, 9.17) is 9.47 Å². The van der Waals surface area contributed by atoms with Crippen molar-refractivity contribution < 1.29 is 29.0 Å². The zero-order valence-corrected chi connectivity index (χ0v) is 19.9. The first-order valence-electron chi connectivity index (χ1n) is 12.1. The highest BCUT2D eigenvalue weighted by molar-refractivity contribution is 5.86. The molecule has 2 aliphatic rings. The summed E-state index contributed by atoms with van der Waals surface area (Å²) in [5.41, 5.74) is 4.47. The highest BCUT2D eigenvalue weighted by atomic mass is 16.5. The minimum Gasteiger partial charge on any atom is -0.481 e. The van der Waals surface area contributed by atoms with E-state index in [0.29, 0.717) is 12.3 Å². The van der Waals surface area contributed by atoms with E-state index in [0.717, 1.165) is 35.1 Å². The van der Waals surface area contributed by atoms with Crippen LogP contribution in [0.3, 0.4) is 0 Å². The lowest BCUT2D eigenvalue weighted by atomic mass is 9.98. The normalized spacial score (nSPS) is 16.0. The number of methoxy groups -OCH3 is 1. The molecule has 0 heterocycles. The van der Waals surface area contributed by atoms with Crippen LogP contribution in [0.15, 0.2) is 48.5 Å². The largest absolute Gasteiger partial charge is 0.481 e. The quantitative estimate of drug-likeness (QED) is 0.428. The molecular weight excluding hydrogens is 448 g/mol. The van der Waals surface area contributed by atoms with E-state index in [9.17, 15) is 19.5 Å². The van der Waals surface area contributed by atoms with Crippen molar-refractivity contribution in [3.63, 3.8) is 0 Å². The van der Waals surface area contributed by atoms with Crippen LogP contribution in [0.5, 0.6) is 0 Å². The lowest BCUT2D eigenvalue weighted by Gasteiger charge is -2.21. The third-order valence-corrected chi connectivity index (χ3v) is 6.75. The second-order valence-electron chi connectivity index (χ2n) is 9.26. The van der Waals surface area contributed by atoms with Crippen LogP contribution in [-0.2, 0) is 19.1 Å². The number of amides is 2. The van der Waals surface area contributed by atoms with Crippen molar-refractivity contribution in [2.75, 3.05) is 26.9 Å². The zero-order chi connectivity index (χ0) is 24.8. The Bertz CT molecular complexity index is 1020. The van der Waals surface area contributed by atoms with Gasteiger partial charge in [-0.15, -0.1) is 0 Å². The summed E-state index contributed by atoms with van der Waals surface area (Å²) in [6.07, 6.45) is 2.18. The molecule has 2 aliphatic carbocycles. The summed E-state index contributed by atoms with van der Waals surface area (Å²) < 4.78 is 10.6. The Hall–Kier alpha value is -3.39. The molecule has 2 aromatic rings. The molecule has 0 aliphatic heterocycles. The maximum Gasteiger partial charge on any atom is 0.407 e. The first-order chi connectivity index (χ1) is 17.0. The third kappa shape index (κ3) is 6.19. The Morgan fingerprint density at radius 3 is 2.23 bits per heavy atom. The Balaban J connectivity index is 1.34. The van der Waals surface area contributed by atoms with Crippen LogP contribution in [0.4, 0.5) is 4.79 Å². The molecule has 1 fully saturated rings. The van der Waals surface area contributed by atoms with Crippen molar-refractivity contribution in [2.45, 2.75) is 37.6 Å². The summed E-state index contributed by atoms with van der Waals surface area (Å²) in [5.74, 6) is -1.66. The first kappa shape index (κ1) is 24.7. The monoisotopic (exact) mass is 480 g/mol. The molecule has 2 unspecified atom stereocenters. The summed E-state index contributed by atoms with van der Waals surface area (Å²) in [7, 11) is 1.51. The van der Waals surface area contributed by atoms with E-state index in [1.54, 1.807) is 0 Å². The van der Waals surface area contributed by atoms with Crippen LogP contribution in [-0.4, -0.2) is 56.0 Å². The molecule has 1 saturated carbocycles. The average Bonchev–Trinajstić information content (AvgIpc) is 3.63. The summed E-state index contributed by atoms with van der Waals surface area (Å²) >= 11 is 0. The first-order valence-corrected chi connectivity index (χ1v) is 12.1. The van der Waals surface area contributed by atoms with Gasteiger partial charge in [-0.1, -0.05) is 61.4 Å². The topological polar surface area (TPSA) is 114 Å². The third-order valence-electron chi connectivity index (χ3n) is 6.75. The van der Waals surface area contributed by atoms with Crippen LogP contribution in [0.2, 0.25) is 0 Å². The van der Waals surface area contributed by atoms with Gasteiger partial charge >= 0.3 is 12.1 Å². The van der Waals surface area contributed by atoms with Gasteiger partial charge in [-0.25, -0.2) is 4.79 Å². The molecule has 8 nitrogen and oxygen atoms in total. The maximum absolute atomic E-state index is 12.8.